The van der Waals surface area contributed by atoms with E-state index in [-0.39, 0.29) is 5.82 Å². The molecule has 0 unspecified atom stereocenters. The van der Waals surface area contributed by atoms with Crippen LogP contribution in [0.15, 0.2) is 28.8 Å². The predicted molar refractivity (Wildman–Crippen MR) is 91.0 cm³/mol. The first-order valence-corrected chi connectivity index (χ1v) is 8.93. The largest absolute Gasteiger partial charge is 0.338 e. The molecule has 0 saturated heterocycles. The quantitative estimate of drug-likeness (QED) is 0.727. The van der Waals surface area contributed by atoms with E-state index in [4.69, 9.17) is 4.52 Å². The average molecular weight is 331 g/mol. The summed E-state index contributed by atoms with van der Waals surface area (Å²) in [6, 6.07) is 6.51. The molecule has 0 atom stereocenters. The second kappa shape index (κ2) is 8.38. The number of rotatable bonds is 8. The lowest BCUT2D eigenvalue weighted by Crippen LogP contribution is -2.19. The first-order chi connectivity index (χ1) is 11.7. The highest BCUT2D eigenvalue weighted by Gasteiger charge is 2.15. The molecule has 1 saturated carbocycles. The van der Waals surface area contributed by atoms with Gasteiger partial charge in [0.15, 0.2) is 5.82 Å². The zero-order chi connectivity index (χ0) is 16.8. The molecule has 4 nitrogen and oxygen atoms in total. The van der Waals surface area contributed by atoms with Crippen LogP contribution in [0.5, 0.6) is 0 Å². The molecule has 24 heavy (non-hydrogen) atoms. The summed E-state index contributed by atoms with van der Waals surface area (Å²) in [5.74, 6) is 1.94. The minimum absolute atomic E-state index is 0.238. The molecule has 0 radical (unpaired) electrons. The Morgan fingerprint density at radius 1 is 1.29 bits per heavy atom. The topological polar surface area (TPSA) is 42.2 Å². The number of nitrogens with zero attached hydrogens (tertiary/aromatic N) is 3. The molecule has 3 rings (SSSR count). The maximum Gasteiger partial charge on any atom is 0.240 e. The number of benzene rings is 1. The number of hydrogen-bond donors (Lipinski definition) is 0. The molecule has 1 aromatic carbocycles. The van der Waals surface area contributed by atoms with Crippen molar-refractivity contribution in [1.82, 2.24) is 15.0 Å². The molecule has 0 aliphatic heterocycles. The molecule has 1 fully saturated rings. The molecule has 1 aliphatic rings. The highest BCUT2D eigenvalue weighted by Crippen LogP contribution is 2.28. The van der Waals surface area contributed by atoms with Crippen LogP contribution in [0.3, 0.4) is 0 Å². The van der Waals surface area contributed by atoms with Crippen molar-refractivity contribution in [3.05, 3.63) is 47.4 Å². The van der Waals surface area contributed by atoms with Crippen LogP contribution >= 0.6 is 0 Å². The van der Waals surface area contributed by atoms with Crippen molar-refractivity contribution in [3.8, 4) is 0 Å². The van der Waals surface area contributed by atoms with Crippen molar-refractivity contribution in [2.45, 2.75) is 51.5 Å². The lowest BCUT2D eigenvalue weighted by atomic mass is 10.0. The van der Waals surface area contributed by atoms with Gasteiger partial charge in [0.2, 0.25) is 5.89 Å². The van der Waals surface area contributed by atoms with Gasteiger partial charge in [0.25, 0.3) is 0 Å². The summed E-state index contributed by atoms with van der Waals surface area (Å²) in [5.41, 5.74) is 0.854. The first kappa shape index (κ1) is 17.1. The van der Waals surface area contributed by atoms with Gasteiger partial charge >= 0.3 is 0 Å². The van der Waals surface area contributed by atoms with Crippen LogP contribution in [-0.4, -0.2) is 28.6 Å². The van der Waals surface area contributed by atoms with E-state index in [0.717, 1.165) is 18.0 Å². The highest BCUT2D eigenvalue weighted by molar-refractivity contribution is 5.19. The fraction of sp³-hybridized carbons (Fsp3) is 0.579. The Balaban J connectivity index is 1.43. The van der Waals surface area contributed by atoms with E-state index in [1.807, 2.05) is 6.07 Å². The van der Waals surface area contributed by atoms with E-state index in [1.54, 1.807) is 6.07 Å². The van der Waals surface area contributed by atoms with Gasteiger partial charge in [0.05, 0.1) is 6.54 Å². The van der Waals surface area contributed by atoms with Gasteiger partial charge in [-0.2, -0.15) is 4.98 Å². The Labute approximate surface area is 143 Å². The van der Waals surface area contributed by atoms with E-state index in [9.17, 15) is 4.39 Å². The van der Waals surface area contributed by atoms with Crippen LogP contribution in [0.2, 0.25) is 0 Å². The summed E-state index contributed by atoms with van der Waals surface area (Å²) >= 11 is 0. The predicted octanol–water partition coefficient (Wildman–Crippen LogP) is 4.20. The lowest BCUT2D eigenvalue weighted by molar-refractivity contribution is 0.257. The van der Waals surface area contributed by atoms with Crippen molar-refractivity contribution >= 4 is 0 Å². The van der Waals surface area contributed by atoms with Crippen LogP contribution in [0.25, 0.3) is 0 Å². The lowest BCUT2D eigenvalue weighted by Gasteiger charge is -2.15. The van der Waals surface area contributed by atoms with Crippen LogP contribution in [-0.2, 0) is 13.0 Å². The van der Waals surface area contributed by atoms with Crippen molar-refractivity contribution in [2.24, 2.45) is 5.92 Å². The first-order valence-electron chi connectivity index (χ1n) is 8.93. The van der Waals surface area contributed by atoms with Gasteiger partial charge in [0.1, 0.15) is 5.82 Å². The second-order valence-corrected chi connectivity index (χ2v) is 6.94. The van der Waals surface area contributed by atoms with E-state index < -0.39 is 0 Å². The van der Waals surface area contributed by atoms with Crippen molar-refractivity contribution in [2.75, 3.05) is 13.6 Å². The zero-order valence-corrected chi connectivity index (χ0v) is 14.4. The van der Waals surface area contributed by atoms with Gasteiger partial charge in [-0.25, -0.2) is 4.39 Å². The fourth-order valence-corrected chi connectivity index (χ4v) is 3.51. The molecule has 1 heterocycles. The molecule has 130 valence electrons. The fourth-order valence-electron chi connectivity index (χ4n) is 3.51. The van der Waals surface area contributed by atoms with E-state index in [2.05, 4.69) is 22.1 Å². The summed E-state index contributed by atoms with van der Waals surface area (Å²) in [4.78, 5) is 6.65. The number of aromatic nitrogens is 2. The van der Waals surface area contributed by atoms with Gasteiger partial charge in [-0.05, 0) is 50.0 Å². The second-order valence-electron chi connectivity index (χ2n) is 6.94. The Hall–Kier alpha value is -1.75. The Morgan fingerprint density at radius 3 is 2.92 bits per heavy atom. The average Bonchev–Trinajstić information content (AvgIpc) is 3.20. The summed E-state index contributed by atoms with van der Waals surface area (Å²) < 4.78 is 18.5. The van der Waals surface area contributed by atoms with Crippen molar-refractivity contribution < 1.29 is 8.91 Å². The Morgan fingerprint density at radius 2 is 2.12 bits per heavy atom. The molecule has 0 amide bonds. The van der Waals surface area contributed by atoms with Crippen LogP contribution < -0.4 is 0 Å². The third-order valence-electron chi connectivity index (χ3n) is 4.79. The van der Waals surface area contributed by atoms with Gasteiger partial charge in [-0.3, -0.25) is 4.90 Å². The summed E-state index contributed by atoms with van der Waals surface area (Å²) in [6.07, 6.45) is 8.71. The SMILES string of the molecule is CN(CCCC1CCCC1)Cc1nc(Cc2cccc(F)c2)no1. The van der Waals surface area contributed by atoms with Crippen molar-refractivity contribution in [1.29, 1.82) is 0 Å². The minimum Gasteiger partial charge on any atom is -0.338 e. The molecule has 2 aromatic rings. The summed E-state index contributed by atoms with van der Waals surface area (Å²) in [7, 11) is 2.09. The van der Waals surface area contributed by atoms with Gasteiger partial charge in [-0.15, -0.1) is 0 Å². The highest BCUT2D eigenvalue weighted by atomic mass is 19.1. The molecule has 5 heteroatoms. The third kappa shape index (κ3) is 5.13. The minimum atomic E-state index is -0.238. The Bertz CT molecular complexity index is 637. The van der Waals surface area contributed by atoms with E-state index in [0.29, 0.717) is 24.7 Å². The monoisotopic (exact) mass is 331 g/mol. The van der Waals surface area contributed by atoms with Crippen LogP contribution in [0, 0.1) is 11.7 Å². The number of hydrogen-bond acceptors (Lipinski definition) is 4. The van der Waals surface area contributed by atoms with E-state index >= 15 is 0 Å². The van der Waals surface area contributed by atoms with Crippen molar-refractivity contribution in [3.63, 3.8) is 0 Å². The zero-order valence-electron chi connectivity index (χ0n) is 14.4. The molecule has 0 N–H and O–H groups in total. The normalized spacial score (nSPS) is 15.5. The molecule has 0 bridgehead atoms. The number of halogens is 1. The van der Waals surface area contributed by atoms with Gasteiger partial charge in [-0.1, -0.05) is 43.0 Å². The molecule has 1 aromatic heterocycles. The summed E-state index contributed by atoms with van der Waals surface area (Å²) in [5, 5.41) is 4.00. The maximum absolute atomic E-state index is 13.2. The molecule has 0 spiro atoms. The van der Waals surface area contributed by atoms with Crippen LogP contribution in [0.1, 0.15) is 55.8 Å². The van der Waals surface area contributed by atoms with Crippen LogP contribution in [0.4, 0.5) is 4.39 Å². The summed E-state index contributed by atoms with van der Waals surface area (Å²) in [6.45, 7) is 1.72. The third-order valence-corrected chi connectivity index (χ3v) is 4.79. The Kier molecular flexibility index (Phi) is 5.96. The molecule has 1 aliphatic carbocycles. The maximum atomic E-state index is 13.2. The smallest absolute Gasteiger partial charge is 0.240 e. The van der Waals surface area contributed by atoms with Gasteiger partial charge in [0, 0.05) is 6.42 Å². The molecular formula is C19H26FN3O. The van der Waals surface area contributed by atoms with E-state index in [1.165, 1.54) is 50.7 Å². The standard InChI is InChI=1S/C19H26FN3O/c1-23(11-5-9-15-6-2-3-7-15)14-19-21-18(22-24-19)13-16-8-4-10-17(20)12-16/h4,8,10,12,15H,2-3,5-7,9,11,13-14H2,1H3. The van der Waals surface area contributed by atoms with Gasteiger partial charge < -0.3 is 4.52 Å². The molecular weight excluding hydrogens is 305 g/mol.